The summed E-state index contributed by atoms with van der Waals surface area (Å²) >= 11 is 0. The summed E-state index contributed by atoms with van der Waals surface area (Å²) in [7, 11) is 1.27. The molecule has 0 spiro atoms. The second-order valence-corrected chi connectivity index (χ2v) is 6.08. The van der Waals surface area contributed by atoms with E-state index in [2.05, 4.69) is 20.5 Å². The van der Waals surface area contributed by atoms with Gasteiger partial charge in [-0.05, 0) is 49.2 Å². The van der Waals surface area contributed by atoms with Crippen molar-refractivity contribution in [3.63, 3.8) is 0 Å². The average Bonchev–Trinajstić information content (AvgIpc) is 2.74. The van der Waals surface area contributed by atoms with Crippen LogP contribution in [0.1, 0.15) is 23.2 Å². The Morgan fingerprint density at radius 2 is 1.62 bits per heavy atom. The molecule has 0 aromatic heterocycles. The Bertz CT molecular complexity index is 862. The van der Waals surface area contributed by atoms with Crippen LogP contribution in [0, 0.1) is 0 Å². The quantitative estimate of drug-likeness (QED) is 0.196. The van der Waals surface area contributed by atoms with Crippen LogP contribution in [0.15, 0.2) is 69.8 Å². The molecule has 0 aliphatic heterocycles. The lowest BCUT2D eigenvalue weighted by Gasteiger charge is -2.16. The monoisotopic (exact) mass is 396 g/mol. The van der Waals surface area contributed by atoms with Crippen molar-refractivity contribution >= 4 is 29.2 Å². The number of rotatable bonds is 9. The summed E-state index contributed by atoms with van der Waals surface area (Å²) in [5.41, 5.74) is 12.3. The number of hydrogen-bond donors (Lipinski definition) is 3. The van der Waals surface area contributed by atoms with Gasteiger partial charge in [-0.25, -0.2) is 4.79 Å². The van der Waals surface area contributed by atoms with Crippen LogP contribution in [0.5, 0.6) is 0 Å². The number of methoxy groups -OCH3 is 1. The van der Waals surface area contributed by atoms with Gasteiger partial charge >= 0.3 is 5.97 Å². The van der Waals surface area contributed by atoms with Crippen LogP contribution in [-0.4, -0.2) is 37.5 Å². The number of carbonyl (C=O) groups is 2. The van der Waals surface area contributed by atoms with E-state index in [1.165, 1.54) is 7.11 Å². The Morgan fingerprint density at radius 1 is 1.00 bits per heavy atom. The highest BCUT2D eigenvalue weighted by Crippen LogP contribution is 2.18. The van der Waals surface area contributed by atoms with E-state index in [4.69, 9.17) is 16.2 Å². The number of nitrogens with one attached hydrogen (secondary N) is 1. The molecule has 0 fully saturated rings. The molecule has 2 rings (SSSR count). The number of esters is 1. The minimum atomic E-state index is -0.792. The Labute approximate surface area is 168 Å². The summed E-state index contributed by atoms with van der Waals surface area (Å²) in [6.45, 7) is 0.354. The minimum Gasteiger partial charge on any atom is -0.467 e. The molecule has 9 nitrogen and oxygen atoms in total. The largest absolute Gasteiger partial charge is 0.467 e. The molecule has 5 N–H and O–H groups in total. The summed E-state index contributed by atoms with van der Waals surface area (Å²) in [6, 6.07) is 15.1. The Hall–Kier alpha value is -3.75. The van der Waals surface area contributed by atoms with Gasteiger partial charge in [0, 0.05) is 12.1 Å². The first-order valence-corrected chi connectivity index (χ1v) is 9.00. The van der Waals surface area contributed by atoms with Crippen LogP contribution in [0.2, 0.25) is 0 Å². The number of guanidine groups is 1. The number of ether oxygens (including phenoxy) is 1. The first kappa shape index (κ1) is 21.5. The lowest BCUT2D eigenvalue weighted by Crippen LogP contribution is -2.41. The fourth-order valence-corrected chi connectivity index (χ4v) is 2.43. The number of nitrogens with zero attached hydrogens (tertiary/aromatic N) is 3. The molecular weight excluding hydrogens is 372 g/mol. The summed E-state index contributed by atoms with van der Waals surface area (Å²) in [5.74, 6) is -0.946. The summed E-state index contributed by atoms with van der Waals surface area (Å²) in [6.07, 6.45) is 0.856. The molecule has 2 aromatic carbocycles. The number of aliphatic imine (C=N–C) groups is 1. The first-order chi connectivity index (χ1) is 14.0. The fraction of sp³-hybridized carbons (Fsp3) is 0.250. The molecule has 0 saturated carbocycles. The van der Waals surface area contributed by atoms with Crippen molar-refractivity contribution in [2.24, 2.45) is 26.7 Å². The molecule has 2 aromatic rings. The zero-order valence-electron chi connectivity index (χ0n) is 16.1. The average molecular weight is 396 g/mol. The van der Waals surface area contributed by atoms with E-state index in [9.17, 15) is 9.59 Å². The topological polar surface area (TPSA) is 145 Å². The lowest BCUT2D eigenvalue weighted by atomic mass is 10.1. The predicted octanol–water partition coefficient (Wildman–Crippen LogP) is 2.43. The number of carbonyl (C=O) groups excluding carboxylic acids is 2. The highest BCUT2D eigenvalue weighted by molar-refractivity contribution is 5.97. The molecule has 0 aliphatic rings. The summed E-state index contributed by atoms with van der Waals surface area (Å²) in [4.78, 5) is 28.3. The highest BCUT2D eigenvalue weighted by Gasteiger charge is 2.21. The highest BCUT2D eigenvalue weighted by atomic mass is 16.5. The molecule has 1 atom stereocenters. The van der Waals surface area contributed by atoms with Crippen molar-refractivity contribution in [2.45, 2.75) is 18.9 Å². The first-order valence-electron chi connectivity index (χ1n) is 9.00. The standard InChI is InChI=1S/C20H24N6O3/c1-29-19(28)17(8-5-13-23-20(21)22)24-18(27)14-9-11-16(12-10-14)26-25-15-6-3-2-4-7-15/h2-4,6-7,9-12,17H,5,8,13H2,1H3,(H,24,27)(H4,21,22,23)/t17-/m0/s1. The van der Waals surface area contributed by atoms with Gasteiger partial charge in [-0.3, -0.25) is 9.79 Å². The molecule has 0 heterocycles. The predicted molar refractivity (Wildman–Crippen MR) is 110 cm³/mol. The third kappa shape index (κ3) is 7.41. The SMILES string of the molecule is COC(=O)[C@H](CCCN=C(N)N)NC(=O)c1ccc(N=Nc2ccccc2)cc1. The number of azo groups is 1. The third-order valence-electron chi connectivity index (χ3n) is 3.90. The van der Waals surface area contributed by atoms with E-state index >= 15 is 0 Å². The number of benzene rings is 2. The van der Waals surface area contributed by atoms with Crippen molar-refractivity contribution in [3.05, 3.63) is 60.2 Å². The van der Waals surface area contributed by atoms with Gasteiger partial charge in [0.1, 0.15) is 6.04 Å². The normalized spacial score (nSPS) is 11.6. The smallest absolute Gasteiger partial charge is 0.328 e. The fourth-order valence-electron chi connectivity index (χ4n) is 2.43. The summed E-state index contributed by atoms with van der Waals surface area (Å²) < 4.78 is 4.75. The Morgan fingerprint density at radius 3 is 2.21 bits per heavy atom. The number of hydrogen-bond acceptors (Lipinski definition) is 6. The maximum atomic E-state index is 12.5. The molecule has 152 valence electrons. The summed E-state index contributed by atoms with van der Waals surface area (Å²) in [5, 5.41) is 10.9. The zero-order chi connectivity index (χ0) is 21.1. The van der Waals surface area contributed by atoms with E-state index in [0.29, 0.717) is 30.6 Å². The molecule has 0 aliphatic carbocycles. The Balaban J connectivity index is 1.97. The molecule has 0 saturated heterocycles. The second-order valence-electron chi connectivity index (χ2n) is 6.08. The van der Waals surface area contributed by atoms with E-state index in [1.54, 1.807) is 24.3 Å². The Kier molecular flexibility index (Phi) is 8.30. The van der Waals surface area contributed by atoms with E-state index in [-0.39, 0.29) is 5.96 Å². The van der Waals surface area contributed by atoms with Gasteiger partial charge in [0.25, 0.3) is 5.91 Å². The molecule has 9 heteroatoms. The van der Waals surface area contributed by atoms with Gasteiger partial charge in [0.15, 0.2) is 5.96 Å². The van der Waals surface area contributed by atoms with Gasteiger partial charge in [0.05, 0.1) is 18.5 Å². The van der Waals surface area contributed by atoms with E-state index < -0.39 is 17.9 Å². The van der Waals surface area contributed by atoms with Gasteiger partial charge in [-0.1, -0.05) is 18.2 Å². The van der Waals surface area contributed by atoms with Crippen LogP contribution in [0.25, 0.3) is 0 Å². The third-order valence-corrected chi connectivity index (χ3v) is 3.90. The van der Waals surface area contributed by atoms with E-state index in [1.807, 2.05) is 30.3 Å². The van der Waals surface area contributed by atoms with Crippen LogP contribution in [-0.2, 0) is 9.53 Å². The van der Waals surface area contributed by atoms with Gasteiger partial charge in [-0.2, -0.15) is 10.2 Å². The van der Waals surface area contributed by atoms with Gasteiger partial charge in [0.2, 0.25) is 0 Å². The van der Waals surface area contributed by atoms with Crippen LogP contribution >= 0.6 is 0 Å². The van der Waals surface area contributed by atoms with Gasteiger partial charge < -0.3 is 21.5 Å². The number of nitrogens with two attached hydrogens (primary N) is 2. The zero-order valence-corrected chi connectivity index (χ0v) is 16.1. The van der Waals surface area contributed by atoms with Crippen LogP contribution in [0.4, 0.5) is 11.4 Å². The van der Waals surface area contributed by atoms with Crippen LogP contribution in [0.3, 0.4) is 0 Å². The van der Waals surface area contributed by atoms with Crippen molar-refractivity contribution < 1.29 is 14.3 Å². The maximum absolute atomic E-state index is 12.5. The second kappa shape index (κ2) is 11.2. The maximum Gasteiger partial charge on any atom is 0.328 e. The lowest BCUT2D eigenvalue weighted by molar-refractivity contribution is -0.143. The molecule has 0 bridgehead atoms. The van der Waals surface area contributed by atoms with E-state index in [0.717, 1.165) is 5.69 Å². The van der Waals surface area contributed by atoms with Crippen molar-refractivity contribution in [2.75, 3.05) is 13.7 Å². The van der Waals surface area contributed by atoms with Crippen molar-refractivity contribution in [3.8, 4) is 0 Å². The van der Waals surface area contributed by atoms with Crippen molar-refractivity contribution in [1.29, 1.82) is 0 Å². The van der Waals surface area contributed by atoms with Gasteiger partial charge in [-0.15, -0.1) is 0 Å². The minimum absolute atomic E-state index is 0.0202. The molecular formula is C20H24N6O3. The number of amides is 1. The molecule has 0 radical (unpaired) electrons. The van der Waals surface area contributed by atoms with Crippen molar-refractivity contribution in [1.82, 2.24) is 5.32 Å². The molecule has 0 unspecified atom stereocenters. The molecule has 1 amide bonds. The molecule has 29 heavy (non-hydrogen) atoms. The van der Waals surface area contributed by atoms with Crippen LogP contribution < -0.4 is 16.8 Å².